The summed E-state index contributed by atoms with van der Waals surface area (Å²) in [6, 6.07) is 38.0. The molecule has 0 bridgehead atoms. The number of rotatable bonds is 5. The Kier molecular flexibility index (Phi) is 7.03. The molecule has 0 aliphatic heterocycles. The van der Waals surface area contributed by atoms with Crippen LogP contribution in [0.1, 0.15) is 69.3 Å². The fourth-order valence-corrected chi connectivity index (χ4v) is 6.82. The lowest BCUT2D eigenvalue weighted by atomic mass is 9.70. The molecule has 0 radical (unpaired) electrons. The Morgan fingerprint density at radius 2 is 0.722 bits per heavy atom. The van der Waals surface area contributed by atoms with Gasteiger partial charge in [0.1, 0.15) is 0 Å². The average molecular weight is 471 g/mol. The molecule has 2 aliphatic carbocycles. The van der Waals surface area contributed by atoms with E-state index in [4.69, 9.17) is 0 Å². The molecule has 0 aromatic heterocycles. The van der Waals surface area contributed by atoms with E-state index in [2.05, 4.69) is 103 Å². The zero-order chi connectivity index (χ0) is 24.2. The first-order valence-electron chi connectivity index (χ1n) is 14.2. The number of hydrogen-bond donors (Lipinski definition) is 0. The van der Waals surface area contributed by atoms with Crippen LogP contribution in [0.2, 0.25) is 0 Å². The highest BCUT2D eigenvalue weighted by Gasteiger charge is 2.29. The second-order valence-corrected chi connectivity index (χ2v) is 11.2. The summed E-state index contributed by atoms with van der Waals surface area (Å²) in [5.41, 5.74) is 9.23. The molecule has 6 rings (SSSR count). The van der Waals surface area contributed by atoms with E-state index in [1.54, 1.807) is 5.56 Å². The SMILES string of the molecule is c1ccc(-c2ccc(-c3ccc(-c4ccc(C5CCC(C6CCCCC6)CC5)cc4)cc3)cc2)cc1. The summed E-state index contributed by atoms with van der Waals surface area (Å²) in [6.45, 7) is 0. The van der Waals surface area contributed by atoms with Crippen LogP contribution in [0.3, 0.4) is 0 Å². The van der Waals surface area contributed by atoms with Gasteiger partial charge in [-0.1, -0.05) is 135 Å². The lowest BCUT2D eigenvalue weighted by Crippen LogP contribution is -2.23. The van der Waals surface area contributed by atoms with Gasteiger partial charge in [-0.25, -0.2) is 0 Å². The zero-order valence-electron chi connectivity index (χ0n) is 21.4. The van der Waals surface area contributed by atoms with Crippen LogP contribution in [-0.4, -0.2) is 0 Å². The van der Waals surface area contributed by atoms with Gasteiger partial charge in [0.25, 0.3) is 0 Å². The van der Waals surface area contributed by atoms with E-state index in [0.717, 1.165) is 17.8 Å². The van der Waals surface area contributed by atoms with E-state index in [1.165, 1.54) is 91.2 Å². The van der Waals surface area contributed by atoms with Gasteiger partial charge in [0.15, 0.2) is 0 Å². The molecule has 0 nitrogen and oxygen atoms in total. The summed E-state index contributed by atoms with van der Waals surface area (Å²) in [5.74, 6) is 2.81. The van der Waals surface area contributed by atoms with Crippen LogP contribution in [0.25, 0.3) is 33.4 Å². The minimum Gasteiger partial charge on any atom is -0.0622 e. The highest BCUT2D eigenvalue weighted by molar-refractivity contribution is 5.73. The van der Waals surface area contributed by atoms with E-state index in [9.17, 15) is 0 Å². The maximum Gasteiger partial charge on any atom is -0.0162 e. The minimum absolute atomic E-state index is 0.764. The molecule has 2 aliphatic rings. The van der Waals surface area contributed by atoms with Crippen molar-refractivity contribution in [2.45, 2.75) is 63.7 Å². The van der Waals surface area contributed by atoms with E-state index in [-0.39, 0.29) is 0 Å². The Morgan fingerprint density at radius 1 is 0.333 bits per heavy atom. The molecular formula is C36H38. The molecule has 0 amide bonds. The molecule has 4 aromatic rings. The quantitative estimate of drug-likeness (QED) is 0.272. The largest absolute Gasteiger partial charge is 0.0622 e. The van der Waals surface area contributed by atoms with Gasteiger partial charge >= 0.3 is 0 Å². The summed E-state index contributed by atoms with van der Waals surface area (Å²) in [6.07, 6.45) is 13.1. The van der Waals surface area contributed by atoms with Crippen molar-refractivity contribution in [2.24, 2.45) is 11.8 Å². The van der Waals surface area contributed by atoms with Gasteiger partial charge in [-0.05, 0) is 82.4 Å². The van der Waals surface area contributed by atoms with Crippen molar-refractivity contribution in [2.75, 3.05) is 0 Å². The van der Waals surface area contributed by atoms with Crippen molar-refractivity contribution in [3.63, 3.8) is 0 Å². The predicted octanol–water partition coefficient (Wildman–Crippen LogP) is 10.5. The van der Waals surface area contributed by atoms with Crippen LogP contribution in [0, 0.1) is 11.8 Å². The summed E-state index contributed by atoms with van der Waals surface area (Å²) in [7, 11) is 0. The molecule has 36 heavy (non-hydrogen) atoms. The van der Waals surface area contributed by atoms with Crippen LogP contribution in [-0.2, 0) is 0 Å². The Morgan fingerprint density at radius 3 is 1.19 bits per heavy atom. The summed E-state index contributed by atoms with van der Waals surface area (Å²) in [4.78, 5) is 0. The fraction of sp³-hybridized carbons (Fsp3) is 0.333. The van der Waals surface area contributed by atoms with Gasteiger partial charge in [0.2, 0.25) is 0 Å². The first-order chi connectivity index (χ1) is 17.8. The Bertz CT molecular complexity index is 1220. The van der Waals surface area contributed by atoms with Gasteiger partial charge < -0.3 is 0 Å². The fourth-order valence-electron chi connectivity index (χ4n) is 6.82. The Balaban J connectivity index is 1.08. The second kappa shape index (κ2) is 10.9. The summed E-state index contributed by atoms with van der Waals surface area (Å²) in [5, 5.41) is 0. The molecule has 0 saturated heterocycles. The highest BCUT2D eigenvalue weighted by Crippen LogP contribution is 2.43. The predicted molar refractivity (Wildman–Crippen MR) is 154 cm³/mol. The van der Waals surface area contributed by atoms with Crippen molar-refractivity contribution >= 4 is 0 Å². The van der Waals surface area contributed by atoms with Crippen LogP contribution in [0.5, 0.6) is 0 Å². The molecule has 0 unspecified atom stereocenters. The molecular weight excluding hydrogens is 432 g/mol. The molecule has 0 spiro atoms. The normalized spacial score (nSPS) is 20.8. The first kappa shape index (κ1) is 23.3. The Labute approximate surface area is 217 Å². The number of benzene rings is 4. The molecule has 182 valence electrons. The lowest BCUT2D eigenvalue weighted by Gasteiger charge is -2.36. The van der Waals surface area contributed by atoms with Gasteiger partial charge in [-0.3, -0.25) is 0 Å². The van der Waals surface area contributed by atoms with Gasteiger partial charge in [-0.15, -0.1) is 0 Å². The van der Waals surface area contributed by atoms with Crippen molar-refractivity contribution in [3.05, 3.63) is 109 Å². The zero-order valence-corrected chi connectivity index (χ0v) is 21.4. The lowest BCUT2D eigenvalue weighted by molar-refractivity contribution is 0.186. The first-order valence-corrected chi connectivity index (χ1v) is 14.2. The maximum atomic E-state index is 2.40. The third-order valence-electron chi connectivity index (χ3n) is 9.01. The molecule has 0 heteroatoms. The molecule has 2 fully saturated rings. The maximum absolute atomic E-state index is 2.40. The molecule has 0 atom stereocenters. The van der Waals surface area contributed by atoms with Crippen molar-refractivity contribution in [3.8, 4) is 33.4 Å². The topological polar surface area (TPSA) is 0 Å². The third-order valence-corrected chi connectivity index (χ3v) is 9.01. The van der Waals surface area contributed by atoms with Crippen LogP contribution >= 0.6 is 0 Å². The summed E-state index contributed by atoms with van der Waals surface area (Å²) < 4.78 is 0. The van der Waals surface area contributed by atoms with Crippen molar-refractivity contribution < 1.29 is 0 Å². The van der Waals surface area contributed by atoms with E-state index in [1.807, 2.05) is 0 Å². The van der Waals surface area contributed by atoms with Gasteiger partial charge in [0, 0.05) is 0 Å². The number of hydrogen-bond acceptors (Lipinski definition) is 0. The monoisotopic (exact) mass is 470 g/mol. The Hall–Kier alpha value is -3.12. The van der Waals surface area contributed by atoms with E-state index >= 15 is 0 Å². The van der Waals surface area contributed by atoms with Crippen LogP contribution < -0.4 is 0 Å². The van der Waals surface area contributed by atoms with Crippen molar-refractivity contribution in [1.82, 2.24) is 0 Å². The van der Waals surface area contributed by atoms with Gasteiger partial charge in [0.05, 0.1) is 0 Å². The molecule has 4 aromatic carbocycles. The van der Waals surface area contributed by atoms with E-state index < -0.39 is 0 Å². The average Bonchev–Trinajstić information content (AvgIpc) is 2.98. The van der Waals surface area contributed by atoms with Crippen LogP contribution in [0.15, 0.2) is 103 Å². The highest BCUT2D eigenvalue weighted by atomic mass is 14.3. The third kappa shape index (κ3) is 5.19. The smallest absolute Gasteiger partial charge is 0.0162 e. The van der Waals surface area contributed by atoms with Crippen molar-refractivity contribution in [1.29, 1.82) is 0 Å². The standard InChI is InChI=1S/C36H38/c1-3-7-27(8-4-1)29-11-15-31(16-12-29)33-19-23-35(24-20-33)36-25-21-34(22-26-36)32-17-13-30(14-18-32)28-9-5-2-6-10-28/h1,3-4,7-8,11-12,15-16,19-26,28,30,32H,2,5-6,9-10,13-14,17-18H2. The minimum atomic E-state index is 0.764. The summed E-state index contributed by atoms with van der Waals surface area (Å²) >= 11 is 0. The second-order valence-electron chi connectivity index (χ2n) is 11.2. The van der Waals surface area contributed by atoms with Crippen LogP contribution in [0.4, 0.5) is 0 Å². The molecule has 2 saturated carbocycles. The molecule has 0 N–H and O–H groups in total. The van der Waals surface area contributed by atoms with Gasteiger partial charge in [-0.2, -0.15) is 0 Å². The van der Waals surface area contributed by atoms with E-state index in [0.29, 0.717) is 0 Å². The molecule has 0 heterocycles.